The molecule has 1 fully saturated rings. The van der Waals surface area contributed by atoms with Gasteiger partial charge in [-0.05, 0) is 42.2 Å². The molecule has 0 saturated carbocycles. The van der Waals surface area contributed by atoms with E-state index >= 15 is 0 Å². The van der Waals surface area contributed by atoms with Crippen molar-refractivity contribution in [1.82, 2.24) is 20.1 Å². The number of piperidine rings is 1. The number of fused-ring (bicyclic) bond motifs is 1. The van der Waals surface area contributed by atoms with Gasteiger partial charge in [0.25, 0.3) is 5.91 Å². The van der Waals surface area contributed by atoms with Crippen LogP contribution in [0.2, 0.25) is 0 Å². The van der Waals surface area contributed by atoms with Crippen LogP contribution in [0.5, 0.6) is 11.5 Å². The molecule has 8 heteroatoms. The minimum absolute atomic E-state index is 0.0889. The van der Waals surface area contributed by atoms with Crippen LogP contribution in [-0.4, -0.2) is 52.8 Å². The van der Waals surface area contributed by atoms with Crippen LogP contribution in [0, 0.1) is 0 Å². The standard InChI is InChI=1S/C24H25N5O3/c1-31-22-13-20(26-14-18(22)17-3-2-16-8-11-32-21(16)12-17)24(30)29-9-6-15(7-10-29)19-4-5-23(25)28-27-19/h2-5,12-15H,6-11H2,1H3,(H2,25,28). The van der Waals surface area contributed by atoms with Crippen molar-refractivity contribution in [3.63, 3.8) is 0 Å². The summed E-state index contributed by atoms with van der Waals surface area (Å²) in [6.45, 7) is 2.00. The summed E-state index contributed by atoms with van der Waals surface area (Å²) in [5.74, 6) is 2.12. The van der Waals surface area contributed by atoms with Gasteiger partial charge in [-0.15, -0.1) is 5.10 Å². The number of hydrogen-bond donors (Lipinski definition) is 1. The van der Waals surface area contributed by atoms with E-state index in [1.807, 2.05) is 23.1 Å². The van der Waals surface area contributed by atoms with Crippen LogP contribution in [-0.2, 0) is 6.42 Å². The number of amides is 1. The van der Waals surface area contributed by atoms with Gasteiger partial charge in [0.2, 0.25) is 0 Å². The summed E-state index contributed by atoms with van der Waals surface area (Å²) in [7, 11) is 1.61. The molecule has 0 radical (unpaired) electrons. The molecule has 1 aromatic carbocycles. The lowest BCUT2D eigenvalue weighted by Gasteiger charge is -2.31. The first-order valence-electron chi connectivity index (χ1n) is 10.8. The van der Waals surface area contributed by atoms with Crippen LogP contribution < -0.4 is 15.2 Å². The van der Waals surface area contributed by atoms with Crippen LogP contribution in [0.1, 0.15) is 40.5 Å². The van der Waals surface area contributed by atoms with Crippen LogP contribution >= 0.6 is 0 Å². The van der Waals surface area contributed by atoms with Crippen molar-refractivity contribution in [3.8, 4) is 22.6 Å². The monoisotopic (exact) mass is 431 g/mol. The van der Waals surface area contributed by atoms with E-state index in [2.05, 4.69) is 21.2 Å². The molecule has 164 valence electrons. The summed E-state index contributed by atoms with van der Waals surface area (Å²) in [5, 5.41) is 8.14. The van der Waals surface area contributed by atoms with Gasteiger partial charge in [0.05, 0.1) is 19.4 Å². The summed E-state index contributed by atoms with van der Waals surface area (Å²) in [6, 6.07) is 11.5. The molecule has 8 nitrogen and oxygen atoms in total. The van der Waals surface area contributed by atoms with Gasteiger partial charge in [-0.25, -0.2) is 0 Å². The fourth-order valence-corrected chi connectivity index (χ4v) is 4.38. The predicted molar refractivity (Wildman–Crippen MR) is 120 cm³/mol. The topological polar surface area (TPSA) is 103 Å². The zero-order chi connectivity index (χ0) is 22.1. The van der Waals surface area contributed by atoms with Crippen LogP contribution in [0.15, 0.2) is 42.6 Å². The molecule has 32 heavy (non-hydrogen) atoms. The molecule has 2 aliphatic rings. The predicted octanol–water partition coefficient (Wildman–Crippen LogP) is 3.08. The van der Waals surface area contributed by atoms with Gasteiger partial charge in [0.15, 0.2) is 0 Å². The maximum atomic E-state index is 13.1. The van der Waals surface area contributed by atoms with Crippen molar-refractivity contribution in [2.24, 2.45) is 0 Å². The third-order valence-corrected chi connectivity index (χ3v) is 6.22. The van der Waals surface area contributed by atoms with Gasteiger partial charge in [-0.1, -0.05) is 12.1 Å². The highest BCUT2D eigenvalue weighted by Crippen LogP contribution is 2.35. The van der Waals surface area contributed by atoms with Gasteiger partial charge in [0, 0.05) is 43.3 Å². The second kappa shape index (κ2) is 8.45. The number of rotatable bonds is 4. The molecule has 4 heterocycles. The third kappa shape index (κ3) is 3.84. The minimum Gasteiger partial charge on any atom is -0.496 e. The average Bonchev–Trinajstić information content (AvgIpc) is 3.32. The number of ether oxygens (including phenoxy) is 2. The van der Waals surface area contributed by atoms with E-state index in [1.54, 1.807) is 25.4 Å². The Morgan fingerprint density at radius 2 is 2.00 bits per heavy atom. The van der Waals surface area contributed by atoms with E-state index in [9.17, 15) is 4.79 Å². The highest BCUT2D eigenvalue weighted by Gasteiger charge is 2.27. The molecule has 2 N–H and O–H groups in total. The minimum atomic E-state index is -0.0889. The van der Waals surface area contributed by atoms with Crippen molar-refractivity contribution in [2.75, 3.05) is 32.5 Å². The number of carbonyl (C=O) groups is 1. The second-order valence-electron chi connectivity index (χ2n) is 8.14. The first-order valence-corrected chi connectivity index (χ1v) is 10.8. The van der Waals surface area contributed by atoms with Gasteiger partial charge >= 0.3 is 0 Å². The fraction of sp³-hybridized carbons (Fsp3) is 0.333. The van der Waals surface area contributed by atoms with Gasteiger partial charge in [-0.2, -0.15) is 5.10 Å². The summed E-state index contributed by atoms with van der Waals surface area (Å²) >= 11 is 0. The van der Waals surface area contributed by atoms with E-state index in [1.165, 1.54) is 5.56 Å². The Balaban J connectivity index is 1.31. The number of methoxy groups -OCH3 is 1. The van der Waals surface area contributed by atoms with Crippen molar-refractivity contribution >= 4 is 11.7 Å². The Morgan fingerprint density at radius 1 is 1.16 bits per heavy atom. The van der Waals surface area contributed by atoms with Crippen molar-refractivity contribution in [2.45, 2.75) is 25.2 Å². The van der Waals surface area contributed by atoms with Crippen molar-refractivity contribution in [3.05, 3.63) is 59.5 Å². The maximum Gasteiger partial charge on any atom is 0.272 e. The highest BCUT2D eigenvalue weighted by atomic mass is 16.5. The number of hydrogen-bond acceptors (Lipinski definition) is 7. The third-order valence-electron chi connectivity index (χ3n) is 6.22. The number of benzene rings is 1. The average molecular weight is 431 g/mol. The fourth-order valence-electron chi connectivity index (χ4n) is 4.38. The Bertz CT molecular complexity index is 1140. The second-order valence-corrected chi connectivity index (χ2v) is 8.14. The van der Waals surface area contributed by atoms with Crippen LogP contribution in [0.25, 0.3) is 11.1 Å². The normalized spacial score (nSPS) is 15.8. The lowest BCUT2D eigenvalue weighted by Crippen LogP contribution is -2.38. The van der Waals surface area contributed by atoms with Gasteiger partial charge < -0.3 is 20.1 Å². The number of likely N-dealkylation sites (tertiary alicyclic amines) is 1. The first-order chi connectivity index (χ1) is 15.6. The van der Waals surface area contributed by atoms with E-state index in [0.29, 0.717) is 37.0 Å². The molecule has 0 bridgehead atoms. The van der Waals surface area contributed by atoms with Crippen molar-refractivity contribution in [1.29, 1.82) is 0 Å². The van der Waals surface area contributed by atoms with E-state index in [4.69, 9.17) is 15.2 Å². The molecule has 1 saturated heterocycles. The molecule has 5 rings (SSSR count). The molecule has 0 unspecified atom stereocenters. The number of anilines is 1. The van der Waals surface area contributed by atoms with E-state index in [0.717, 1.165) is 41.8 Å². The molecular formula is C24H25N5O3. The van der Waals surface area contributed by atoms with Gasteiger partial charge in [-0.3, -0.25) is 9.78 Å². The number of nitrogens with two attached hydrogens (primary N) is 1. The summed E-state index contributed by atoms with van der Waals surface area (Å²) in [4.78, 5) is 19.4. The number of pyridine rings is 1. The quantitative estimate of drug-likeness (QED) is 0.677. The Morgan fingerprint density at radius 3 is 2.75 bits per heavy atom. The van der Waals surface area contributed by atoms with Crippen LogP contribution in [0.3, 0.4) is 0 Å². The number of nitrogens with zero attached hydrogens (tertiary/aromatic N) is 4. The molecule has 0 spiro atoms. The number of nitrogen functional groups attached to an aromatic ring is 1. The molecule has 0 atom stereocenters. The highest BCUT2D eigenvalue weighted by molar-refractivity contribution is 5.93. The molecule has 3 aromatic rings. The van der Waals surface area contributed by atoms with Crippen LogP contribution in [0.4, 0.5) is 5.82 Å². The number of aromatic nitrogens is 3. The Labute approximate surface area is 186 Å². The zero-order valence-electron chi connectivity index (χ0n) is 18.0. The Kier molecular flexibility index (Phi) is 5.34. The SMILES string of the molecule is COc1cc(C(=O)N2CCC(c3ccc(N)nn3)CC2)ncc1-c1ccc2c(c1)OCC2. The maximum absolute atomic E-state index is 13.1. The summed E-state index contributed by atoms with van der Waals surface area (Å²) in [5.41, 5.74) is 9.94. The summed E-state index contributed by atoms with van der Waals surface area (Å²) < 4.78 is 11.3. The summed E-state index contributed by atoms with van der Waals surface area (Å²) in [6.07, 6.45) is 4.29. The molecule has 2 aliphatic heterocycles. The molecule has 2 aromatic heterocycles. The van der Waals surface area contributed by atoms with E-state index in [-0.39, 0.29) is 11.8 Å². The largest absolute Gasteiger partial charge is 0.496 e. The first kappa shape index (κ1) is 20.2. The Hall–Kier alpha value is -3.68. The lowest BCUT2D eigenvalue weighted by molar-refractivity contribution is 0.0705. The molecule has 0 aliphatic carbocycles. The van der Waals surface area contributed by atoms with E-state index < -0.39 is 0 Å². The number of carbonyl (C=O) groups excluding carboxylic acids is 1. The lowest BCUT2D eigenvalue weighted by atomic mass is 9.93. The zero-order valence-corrected chi connectivity index (χ0v) is 18.0. The van der Waals surface area contributed by atoms with Gasteiger partial charge in [0.1, 0.15) is 23.0 Å². The van der Waals surface area contributed by atoms with Crippen molar-refractivity contribution < 1.29 is 14.3 Å². The smallest absolute Gasteiger partial charge is 0.272 e. The molecule has 1 amide bonds. The molecular weight excluding hydrogens is 406 g/mol.